The van der Waals surface area contributed by atoms with Crippen LogP contribution in [0.25, 0.3) is 5.82 Å². The smallest absolute Gasteiger partial charge is 0.259 e. The number of allylic oxidation sites excluding steroid dienone is 1. The Bertz CT molecular complexity index is 1290. The highest BCUT2D eigenvalue weighted by molar-refractivity contribution is 5.96. The summed E-state index contributed by atoms with van der Waals surface area (Å²) in [5.41, 5.74) is 4.24. The molecule has 2 aliphatic heterocycles. The molecule has 1 saturated carbocycles. The van der Waals surface area contributed by atoms with Gasteiger partial charge in [-0.05, 0) is 76.5 Å². The van der Waals surface area contributed by atoms with Gasteiger partial charge in [0.25, 0.3) is 5.91 Å². The summed E-state index contributed by atoms with van der Waals surface area (Å²) in [4.78, 5) is 19.8. The lowest BCUT2D eigenvalue weighted by atomic mass is 9.75. The predicted molar refractivity (Wildman–Crippen MR) is 161 cm³/mol. The van der Waals surface area contributed by atoms with Crippen molar-refractivity contribution in [3.8, 4) is 11.9 Å². The first-order valence-corrected chi connectivity index (χ1v) is 14.9. The average molecular weight is 560 g/mol. The van der Waals surface area contributed by atoms with Crippen molar-refractivity contribution >= 4 is 5.91 Å². The third-order valence-corrected chi connectivity index (χ3v) is 8.67. The van der Waals surface area contributed by atoms with E-state index in [1.807, 2.05) is 32.1 Å². The number of nitriles is 1. The number of rotatable bonds is 6. The lowest BCUT2D eigenvalue weighted by Gasteiger charge is -2.40. The molecule has 1 amide bonds. The maximum absolute atomic E-state index is 12.5. The molecule has 1 aliphatic carbocycles. The van der Waals surface area contributed by atoms with Gasteiger partial charge in [0.2, 0.25) is 0 Å². The summed E-state index contributed by atoms with van der Waals surface area (Å²) in [6.45, 7) is 15.1. The number of amides is 1. The van der Waals surface area contributed by atoms with Gasteiger partial charge in [-0.1, -0.05) is 26.0 Å². The molecule has 1 unspecified atom stereocenters. The highest BCUT2D eigenvalue weighted by Crippen LogP contribution is 2.37. The van der Waals surface area contributed by atoms with E-state index >= 15 is 0 Å². The minimum atomic E-state index is -0.179. The zero-order valence-corrected chi connectivity index (χ0v) is 25.2. The number of carbonyl (C=O) groups excluding carboxylic acids is 1. The van der Waals surface area contributed by atoms with E-state index in [0.717, 1.165) is 75.0 Å². The van der Waals surface area contributed by atoms with E-state index < -0.39 is 0 Å². The number of hydrogen-bond acceptors (Lipinski definition) is 7. The molecule has 1 atom stereocenters. The monoisotopic (exact) mass is 559 g/mol. The zero-order chi connectivity index (χ0) is 29.4. The lowest BCUT2D eigenvalue weighted by Crippen LogP contribution is -2.45. The Labute approximate surface area is 244 Å². The van der Waals surface area contributed by atoms with Gasteiger partial charge < -0.3 is 15.4 Å². The number of morpholine rings is 1. The van der Waals surface area contributed by atoms with E-state index in [0.29, 0.717) is 17.5 Å². The van der Waals surface area contributed by atoms with Crippen LogP contribution in [0.1, 0.15) is 86.1 Å². The largest absolute Gasteiger partial charge is 0.386 e. The van der Waals surface area contributed by atoms with Gasteiger partial charge in [0, 0.05) is 37.6 Å². The summed E-state index contributed by atoms with van der Waals surface area (Å²) in [5, 5.41) is 19.4. The molecule has 2 fully saturated rings. The van der Waals surface area contributed by atoms with E-state index in [-0.39, 0.29) is 11.3 Å². The van der Waals surface area contributed by atoms with Crippen LogP contribution in [0.5, 0.6) is 0 Å². The van der Waals surface area contributed by atoms with E-state index in [2.05, 4.69) is 53.5 Å². The maximum atomic E-state index is 12.5. The number of dihydropyridines is 1. The summed E-state index contributed by atoms with van der Waals surface area (Å²) < 4.78 is 7.07. The van der Waals surface area contributed by atoms with Gasteiger partial charge in [0.1, 0.15) is 0 Å². The van der Waals surface area contributed by atoms with Gasteiger partial charge in [-0.25, -0.2) is 9.67 Å². The first kappa shape index (κ1) is 30.5. The van der Waals surface area contributed by atoms with Crippen molar-refractivity contribution in [1.29, 1.82) is 5.26 Å². The normalized spacial score (nSPS) is 23.3. The molecule has 0 radical (unpaired) electrons. The number of pyridine rings is 1. The fourth-order valence-corrected chi connectivity index (χ4v) is 5.69. The van der Waals surface area contributed by atoms with E-state index in [9.17, 15) is 4.79 Å². The van der Waals surface area contributed by atoms with Gasteiger partial charge in [-0.2, -0.15) is 10.4 Å². The second kappa shape index (κ2) is 13.9. The highest BCUT2D eigenvalue weighted by atomic mass is 16.5. The predicted octanol–water partition coefficient (Wildman–Crippen LogP) is 4.92. The average Bonchev–Trinajstić information content (AvgIpc) is 3.39. The molecule has 0 bridgehead atoms. The minimum absolute atomic E-state index is 0.0528. The van der Waals surface area contributed by atoms with Crippen molar-refractivity contribution in [3.05, 3.63) is 64.9 Å². The van der Waals surface area contributed by atoms with Gasteiger partial charge in [-0.15, -0.1) is 0 Å². The van der Waals surface area contributed by atoms with Crippen molar-refractivity contribution in [2.75, 3.05) is 32.8 Å². The van der Waals surface area contributed by atoms with Crippen molar-refractivity contribution in [1.82, 2.24) is 30.3 Å². The molecule has 220 valence electrons. The van der Waals surface area contributed by atoms with Gasteiger partial charge in [0.15, 0.2) is 5.82 Å². The second-order valence-corrected chi connectivity index (χ2v) is 11.6. The summed E-state index contributed by atoms with van der Waals surface area (Å²) in [5.74, 6) is 1.02. The van der Waals surface area contributed by atoms with Crippen LogP contribution in [0.3, 0.4) is 0 Å². The fourth-order valence-electron chi connectivity index (χ4n) is 5.69. The van der Waals surface area contributed by atoms with Crippen molar-refractivity contribution < 1.29 is 9.53 Å². The van der Waals surface area contributed by atoms with Crippen LogP contribution in [0.4, 0.5) is 0 Å². The van der Waals surface area contributed by atoms with Gasteiger partial charge in [0.05, 0.1) is 47.8 Å². The quantitative estimate of drug-likeness (QED) is 0.517. The Kier molecular flexibility index (Phi) is 10.4. The second-order valence-electron chi connectivity index (χ2n) is 11.6. The maximum Gasteiger partial charge on any atom is 0.259 e. The number of carbonyl (C=O) groups is 1. The summed E-state index contributed by atoms with van der Waals surface area (Å²) in [6.07, 6.45) is 12.8. The SMILES string of the molecule is CC1(C#N)CCC(N2CCOCC2)CC1.CCC(C)c1ccc(-n2ncc(C(=O)NC3=CNCC=C3)c2C)nc1C. The van der Waals surface area contributed by atoms with Crippen LogP contribution < -0.4 is 10.6 Å². The Balaban J connectivity index is 0.000000218. The lowest BCUT2D eigenvalue weighted by molar-refractivity contribution is 0.00219. The Morgan fingerprint density at radius 2 is 2.00 bits per heavy atom. The number of aromatic nitrogens is 3. The van der Waals surface area contributed by atoms with Gasteiger partial charge in [-0.3, -0.25) is 9.69 Å². The van der Waals surface area contributed by atoms with E-state index in [1.54, 1.807) is 17.1 Å². The summed E-state index contributed by atoms with van der Waals surface area (Å²) in [6, 6.07) is 7.24. The fraction of sp³-hybridized carbons (Fsp3) is 0.562. The number of aryl methyl sites for hydroxylation is 1. The molecule has 2 aromatic rings. The van der Waals surface area contributed by atoms with Crippen LogP contribution in [0, 0.1) is 30.6 Å². The minimum Gasteiger partial charge on any atom is -0.386 e. The zero-order valence-electron chi connectivity index (χ0n) is 25.2. The van der Waals surface area contributed by atoms with Crippen molar-refractivity contribution in [2.24, 2.45) is 5.41 Å². The third kappa shape index (κ3) is 7.63. The molecule has 1 saturated heterocycles. The highest BCUT2D eigenvalue weighted by Gasteiger charge is 2.33. The first-order valence-electron chi connectivity index (χ1n) is 14.9. The first-order chi connectivity index (χ1) is 19.7. The van der Waals surface area contributed by atoms with Crippen LogP contribution in [-0.4, -0.2) is 64.5 Å². The van der Waals surface area contributed by atoms with Crippen molar-refractivity contribution in [2.45, 2.75) is 78.7 Å². The van der Waals surface area contributed by atoms with E-state index in [4.69, 9.17) is 15.0 Å². The van der Waals surface area contributed by atoms with Crippen LogP contribution in [0.15, 0.2) is 42.4 Å². The number of nitrogens with zero attached hydrogens (tertiary/aromatic N) is 5. The number of hydrogen-bond donors (Lipinski definition) is 2. The molecule has 4 heterocycles. The number of nitrogens with one attached hydrogen (secondary N) is 2. The molecule has 0 spiro atoms. The molecule has 5 rings (SSSR count). The molecule has 3 aliphatic rings. The molecule has 2 N–H and O–H groups in total. The van der Waals surface area contributed by atoms with Crippen LogP contribution >= 0.6 is 0 Å². The standard InChI is InChI=1S/C20H25N5O.C12H20N2O/c1-5-13(2)17-8-9-19(23-14(17)3)25-15(4)18(12-22-25)20(26)24-16-7-6-10-21-11-16;1-12(10-13)4-2-11(3-5-12)14-6-8-15-9-7-14/h6-9,11-13,21H,5,10H2,1-4H3,(H,24,26);11H,2-9H2,1H3. The summed E-state index contributed by atoms with van der Waals surface area (Å²) >= 11 is 0. The Morgan fingerprint density at radius 1 is 1.27 bits per heavy atom. The van der Waals surface area contributed by atoms with Crippen LogP contribution in [0.2, 0.25) is 0 Å². The number of ether oxygens (including phenoxy) is 1. The molecule has 9 heteroatoms. The molecular weight excluding hydrogens is 514 g/mol. The molecular formula is C32H45N7O2. The molecule has 9 nitrogen and oxygen atoms in total. The molecule has 41 heavy (non-hydrogen) atoms. The van der Waals surface area contributed by atoms with E-state index in [1.165, 1.54) is 18.4 Å². The third-order valence-electron chi connectivity index (χ3n) is 8.67. The van der Waals surface area contributed by atoms with Crippen molar-refractivity contribution in [3.63, 3.8) is 0 Å². The van der Waals surface area contributed by atoms with Crippen LogP contribution in [-0.2, 0) is 4.74 Å². The molecule has 0 aromatic carbocycles. The summed E-state index contributed by atoms with van der Waals surface area (Å²) in [7, 11) is 0. The van der Waals surface area contributed by atoms with Gasteiger partial charge >= 0.3 is 0 Å². The topological polar surface area (TPSA) is 108 Å². The Hall–Kier alpha value is -3.48. The molecule has 2 aromatic heterocycles. The Morgan fingerprint density at radius 3 is 2.61 bits per heavy atom.